The fourth-order valence-electron chi connectivity index (χ4n) is 2.06. The summed E-state index contributed by atoms with van der Waals surface area (Å²) in [4.78, 5) is 16.1. The zero-order valence-corrected chi connectivity index (χ0v) is 10.9. The summed E-state index contributed by atoms with van der Waals surface area (Å²) in [6, 6.07) is 7.18. The Kier molecular flexibility index (Phi) is 3.76. The molecule has 0 amide bonds. The number of nitrogens with zero attached hydrogens (tertiary/aromatic N) is 2. The monoisotopic (exact) mass is 261 g/mol. The number of rotatable bonds is 3. The van der Waals surface area contributed by atoms with E-state index in [4.69, 9.17) is 5.73 Å². The van der Waals surface area contributed by atoms with Gasteiger partial charge in [0.05, 0.1) is 6.04 Å². The van der Waals surface area contributed by atoms with Crippen molar-refractivity contribution in [2.24, 2.45) is 5.73 Å². The maximum absolute atomic E-state index is 13.6. The summed E-state index contributed by atoms with van der Waals surface area (Å²) in [5.74, 6) is 0.220. The molecular formula is C14H16FN3O. The van der Waals surface area contributed by atoms with E-state index in [0.717, 1.165) is 0 Å². The normalized spacial score (nSPS) is 12.4. The van der Waals surface area contributed by atoms with E-state index >= 15 is 0 Å². The number of aromatic nitrogens is 2. The molecule has 2 aromatic rings. The predicted octanol–water partition coefficient (Wildman–Crippen LogP) is 1.70. The maximum Gasteiger partial charge on any atom is 0.253 e. The lowest BCUT2D eigenvalue weighted by atomic mass is 10.1. The van der Waals surface area contributed by atoms with Gasteiger partial charge in [0, 0.05) is 23.9 Å². The van der Waals surface area contributed by atoms with Crippen molar-refractivity contribution in [3.63, 3.8) is 0 Å². The summed E-state index contributed by atoms with van der Waals surface area (Å²) in [5, 5.41) is 0. The Morgan fingerprint density at radius 3 is 2.68 bits per heavy atom. The number of hydrogen-bond acceptors (Lipinski definition) is 3. The smallest absolute Gasteiger partial charge is 0.253 e. The number of hydrogen-bond donors (Lipinski definition) is 1. The molecule has 4 nitrogen and oxygen atoms in total. The zero-order chi connectivity index (χ0) is 14.0. The third-order valence-corrected chi connectivity index (χ3v) is 3.01. The Morgan fingerprint density at radius 1 is 1.37 bits per heavy atom. The van der Waals surface area contributed by atoms with Gasteiger partial charge in [-0.3, -0.25) is 9.36 Å². The van der Waals surface area contributed by atoms with E-state index in [1.807, 2.05) is 0 Å². The summed E-state index contributed by atoms with van der Waals surface area (Å²) in [5.41, 5.74) is 6.87. The molecule has 0 aliphatic heterocycles. The summed E-state index contributed by atoms with van der Waals surface area (Å²) < 4.78 is 15.1. The van der Waals surface area contributed by atoms with E-state index in [0.29, 0.717) is 17.1 Å². The molecule has 0 aliphatic rings. The highest BCUT2D eigenvalue weighted by molar-refractivity contribution is 5.21. The minimum absolute atomic E-state index is 0.170. The predicted molar refractivity (Wildman–Crippen MR) is 71.3 cm³/mol. The van der Waals surface area contributed by atoms with Crippen LogP contribution in [-0.2, 0) is 6.54 Å². The molecule has 0 saturated carbocycles. The number of aryl methyl sites for hydroxylation is 2. The Hall–Kier alpha value is -2.01. The third kappa shape index (κ3) is 2.88. The van der Waals surface area contributed by atoms with Gasteiger partial charge in [-0.05, 0) is 19.9 Å². The molecule has 100 valence electrons. The second kappa shape index (κ2) is 5.32. The van der Waals surface area contributed by atoms with Crippen molar-refractivity contribution in [1.29, 1.82) is 0 Å². The summed E-state index contributed by atoms with van der Waals surface area (Å²) in [6.45, 7) is 3.71. The van der Waals surface area contributed by atoms with Crippen LogP contribution < -0.4 is 11.3 Å². The third-order valence-electron chi connectivity index (χ3n) is 3.01. The fourth-order valence-corrected chi connectivity index (χ4v) is 2.06. The van der Waals surface area contributed by atoms with Gasteiger partial charge in [0.15, 0.2) is 0 Å². The van der Waals surface area contributed by atoms with Gasteiger partial charge in [0.1, 0.15) is 11.6 Å². The minimum Gasteiger partial charge on any atom is -0.322 e. The molecular weight excluding hydrogens is 245 g/mol. The van der Waals surface area contributed by atoms with E-state index in [-0.39, 0.29) is 17.9 Å². The van der Waals surface area contributed by atoms with Gasteiger partial charge >= 0.3 is 0 Å². The summed E-state index contributed by atoms with van der Waals surface area (Å²) in [6.07, 6.45) is 0. The van der Waals surface area contributed by atoms with E-state index in [9.17, 15) is 9.18 Å². The van der Waals surface area contributed by atoms with E-state index < -0.39 is 6.04 Å². The maximum atomic E-state index is 13.6. The molecule has 0 bridgehead atoms. The highest BCUT2D eigenvalue weighted by Gasteiger charge is 2.13. The van der Waals surface area contributed by atoms with E-state index in [1.54, 1.807) is 32.0 Å². The van der Waals surface area contributed by atoms with Crippen LogP contribution in [0.5, 0.6) is 0 Å². The van der Waals surface area contributed by atoms with Gasteiger partial charge in [-0.25, -0.2) is 9.37 Å². The second-order valence-corrected chi connectivity index (χ2v) is 4.52. The van der Waals surface area contributed by atoms with Crippen LogP contribution in [0.2, 0.25) is 0 Å². The van der Waals surface area contributed by atoms with Crippen molar-refractivity contribution in [3.8, 4) is 0 Å². The van der Waals surface area contributed by atoms with Crippen LogP contribution in [0.15, 0.2) is 35.1 Å². The average Bonchev–Trinajstić information content (AvgIpc) is 2.34. The van der Waals surface area contributed by atoms with Gasteiger partial charge in [-0.15, -0.1) is 0 Å². The Balaban J connectivity index is 2.32. The molecule has 5 heteroatoms. The fraction of sp³-hybridized carbons (Fsp3) is 0.286. The van der Waals surface area contributed by atoms with Crippen LogP contribution in [0.3, 0.4) is 0 Å². The number of nitrogens with two attached hydrogens (primary N) is 1. The van der Waals surface area contributed by atoms with E-state index in [1.165, 1.54) is 16.7 Å². The molecule has 1 aromatic carbocycles. The van der Waals surface area contributed by atoms with Crippen LogP contribution in [0, 0.1) is 19.7 Å². The molecule has 0 saturated heterocycles. The van der Waals surface area contributed by atoms with E-state index in [2.05, 4.69) is 4.98 Å². The first kappa shape index (κ1) is 13.4. The summed E-state index contributed by atoms with van der Waals surface area (Å²) in [7, 11) is 0. The molecule has 1 aromatic heterocycles. The zero-order valence-electron chi connectivity index (χ0n) is 10.9. The van der Waals surface area contributed by atoms with Crippen LogP contribution in [0.4, 0.5) is 4.39 Å². The summed E-state index contributed by atoms with van der Waals surface area (Å²) >= 11 is 0. The first-order chi connectivity index (χ1) is 8.99. The lowest BCUT2D eigenvalue weighted by Crippen LogP contribution is -2.29. The first-order valence-corrected chi connectivity index (χ1v) is 6.04. The van der Waals surface area contributed by atoms with Crippen molar-refractivity contribution in [3.05, 3.63) is 63.6 Å². The molecule has 0 radical (unpaired) electrons. The standard InChI is InChI=1S/C14H16FN3O/c1-9-7-14(19)18(10(2)17-9)8-13(16)11-5-3-4-6-12(11)15/h3-7,13H,8,16H2,1-2H3. The van der Waals surface area contributed by atoms with Gasteiger partial charge in [0.25, 0.3) is 5.56 Å². The molecule has 0 spiro atoms. The SMILES string of the molecule is Cc1cc(=O)n(CC(N)c2ccccc2F)c(C)n1. The molecule has 2 N–H and O–H groups in total. The Bertz CT molecular complexity index is 651. The van der Waals surface area contributed by atoms with Crippen molar-refractivity contribution in [2.45, 2.75) is 26.4 Å². The molecule has 0 fully saturated rings. The van der Waals surface area contributed by atoms with Crippen LogP contribution in [-0.4, -0.2) is 9.55 Å². The largest absolute Gasteiger partial charge is 0.322 e. The van der Waals surface area contributed by atoms with Crippen molar-refractivity contribution >= 4 is 0 Å². The molecule has 0 aliphatic carbocycles. The van der Waals surface area contributed by atoms with Gasteiger partial charge in [0.2, 0.25) is 0 Å². The number of halogens is 1. The molecule has 1 unspecified atom stereocenters. The van der Waals surface area contributed by atoms with Crippen molar-refractivity contribution in [1.82, 2.24) is 9.55 Å². The van der Waals surface area contributed by atoms with Crippen molar-refractivity contribution in [2.75, 3.05) is 0 Å². The first-order valence-electron chi connectivity index (χ1n) is 6.04. The van der Waals surface area contributed by atoms with Crippen LogP contribution >= 0.6 is 0 Å². The Morgan fingerprint density at radius 2 is 2.05 bits per heavy atom. The number of benzene rings is 1. The lowest BCUT2D eigenvalue weighted by Gasteiger charge is -2.16. The van der Waals surface area contributed by atoms with Crippen LogP contribution in [0.25, 0.3) is 0 Å². The quantitative estimate of drug-likeness (QED) is 0.914. The Labute approximate surface area is 110 Å². The van der Waals surface area contributed by atoms with Gasteiger partial charge in [-0.2, -0.15) is 0 Å². The topological polar surface area (TPSA) is 60.9 Å². The van der Waals surface area contributed by atoms with Crippen LogP contribution in [0.1, 0.15) is 23.1 Å². The second-order valence-electron chi connectivity index (χ2n) is 4.52. The molecule has 1 atom stereocenters. The minimum atomic E-state index is -0.581. The average molecular weight is 261 g/mol. The lowest BCUT2D eigenvalue weighted by molar-refractivity contribution is 0.509. The van der Waals surface area contributed by atoms with Gasteiger partial charge in [-0.1, -0.05) is 18.2 Å². The van der Waals surface area contributed by atoms with Crippen molar-refractivity contribution < 1.29 is 4.39 Å². The van der Waals surface area contributed by atoms with Gasteiger partial charge < -0.3 is 5.73 Å². The highest BCUT2D eigenvalue weighted by Crippen LogP contribution is 2.16. The molecule has 1 heterocycles. The molecule has 19 heavy (non-hydrogen) atoms. The highest BCUT2D eigenvalue weighted by atomic mass is 19.1. The molecule has 2 rings (SSSR count).